The van der Waals surface area contributed by atoms with Crippen molar-refractivity contribution in [1.29, 1.82) is 0 Å². The first-order valence-electron chi connectivity index (χ1n) is 4.98. The fourth-order valence-electron chi connectivity index (χ4n) is 1.12. The van der Waals surface area contributed by atoms with Gasteiger partial charge in [-0.15, -0.1) is 0 Å². The van der Waals surface area contributed by atoms with Gasteiger partial charge < -0.3 is 4.18 Å². The molecular formula is C11H12F3O3S2+. The van der Waals surface area contributed by atoms with Crippen LogP contribution in [-0.4, -0.2) is 26.4 Å². The van der Waals surface area contributed by atoms with Gasteiger partial charge >= 0.3 is 15.6 Å². The summed E-state index contributed by atoms with van der Waals surface area (Å²) in [5, 5.41) is 1.35. The van der Waals surface area contributed by atoms with E-state index >= 15 is 0 Å². The van der Waals surface area contributed by atoms with Crippen LogP contribution >= 0.6 is 0 Å². The van der Waals surface area contributed by atoms with Crippen LogP contribution in [0.5, 0.6) is 0 Å². The summed E-state index contributed by atoms with van der Waals surface area (Å²) in [4.78, 5) is 0. The Morgan fingerprint density at radius 2 is 1.74 bits per heavy atom. The van der Waals surface area contributed by atoms with E-state index in [2.05, 4.69) is 4.18 Å². The van der Waals surface area contributed by atoms with Crippen molar-refractivity contribution in [2.75, 3.05) is 12.5 Å². The predicted octanol–water partition coefficient (Wildman–Crippen LogP) is 2.73. The Morgan fingerprint density at radius 3 is 2.16 bits per heavy atom. The first-order valence-corrected chi connectivity index (χ1v) is 8.49. The summed E-state index contributed by atoms with van der Waals surface area (Å²) in [5.74, 6) is -0.314. The van der Waals surface area contributed by atoms with Gasteiger partial charge in [0, 0.05) is 16.5 Å². The number of alkyl halides is 3. The molecule has 1 rings (SSSR count). The molecule has 0 aliphatic carbocycles. The Kier molecular flexibility index (Phi) is 4.92. The molecule has 0 aliphatic rings. The third-order valence-electron chi connectivity index (χ3n) is 1.88. The van der Waals surface area contributed by atoms with Crippen LogP contribution in [0, 0.1) is 0 Å². The average molecular weight is 313 g/mol. The predicted molar refractivity (Wildman–Crippen MR) is 69.7 cm³/mol. The number of hydrogen-bond donors (Lipinski definition) is 0. The standard InChI is InChI=1S/C11H12F3O3S2/c1-18(2)8-10(9-6-4-3-5-7-9)17-19(15,16)11(12,13)14/h3-8H,1-2H3/q+1/b10-8-. The molecule has 106 valence electrons. The van der Waals surface area contributed by atoms with Gasteiger partial charge in [-0.3, -0.25) is 0 Å². The van der Waals surface area contributed by atoms with E-state index in [4.69, 9.17) is 0 Å². The van der Waals surface area contributed by atoms with Gasteiger partial charge in [0.2, 0.25) is 0 Å². The van der Waals surface area contributed by atoms with Crippen LogP contribution in [0.3, 0.4) is 0 Å². The third-order valence-corrected chi connectivity index (χ3v) is 3.54. The average Bonchev–Trinajstić information content (AvgIpc) is 2.27. The fraction of sp³-hybridized carbons (Fsp3) is 0.273. The lowest BCUT2D eigenvalue weighted by atomic mass is 10.2. The molecule has 0 atom stereocenters. The van der Waals surface area contributed by atoms with E-state index in [1.807, 2.05) is 0 Å². The third kappa shape index (κ3) is 4.46. The van der Waals surface area contributed by atoms with Crippen LogP contribution in [0.15, 0.2) is 35.7 Å². The largest absolute Gasteiger partial charge is 0.534 e. The SMILES string of the molecule is C[S+](C)/C=C(\OS(=O)(=O)C(F)(F)F)c1ccccc1. The Labute approximate surface area is 112 Å². The monoisotopic (exact) mass is 313 g/mol. The zero-order chi connectivity index (χ0) is 14.7. The van der Waals surface area contributed by atoms with Crippen molar-refractivity contribution in [3.63, 3.8) is 0 Å². The van der Waals surface area contributed by atoms with Crippen LogP contribution < -0.4 is 0 Å². The van der Waals surface area contributed by atoms with Gasteiger partial charge in [-0.05, 0) is 0 Å². The fourth-order valence-corrected chi connectivity index (χ4v) is 2.27. The van der Waals surface area contributed by atoms with Gasteiger partial charge in [0.1, 0.15) is 12.5 Å². The highest BCUT2D eigenvalue weighted by molar-refractivity contribution is 7.98. The molecule has 1 aromatic carbocycles. The minimum absolute atomic E-state index is 0.275. The molecule has 0 aromatic heterocycles. The van der Waals surface area contributed by atoms with Crippen molar-refractivity contribution in [3.8, 4) is 0 Å². The molecule has 0 radical (unpaired) electrons. The molecule has 0 amide bonds. The smallest absolute Gasteiger partial charge is 0.371 e. The van der Waals surface area contributed by atoms with Crippen molar-refractivity contribution in [2.24, 2.45) is 0 Å². The van der Waals surface area contributed by atoms with E-state index in [1.165, 1.54) is 17.5 Å². The number of rotatable bonds is 4. The second-order valence-corrected chi connectivity index (χ2v) is 7.24. The summed E-state index contributed by atoms with van der Waals surface area (Å²) in [5.41, 5.74) is -5.17. The highest BCUT2D eigenvalue weighted by Crippen LogP contribution is 2.30. The molecule has 0 heterocycles. The van der Waals surface area contributed by atoms with E-state index in [0.29, 0.717) is 0 Å². The molecule has 1 aromatic rings. The van der Waals surface area contributed by atoms with E-state index < -0.39 is 26.5 Å². The van der Waals surface area contributed by atoms with Crippen molar-refractivity contribution < 1.29 is 25.8 Å². The number of benzene rings is 1. The minimum atomic E-state index is -5.65. The van der Waals surface area contributed by atoms with E-state index in [-0.39, 0.29) is 11.3 Å². The molecule has 0 aliphatic heterocycles. The van der Waals surface area contributed by atoms with Crippen LogP contribution in [0.4, 0.5) is 13.2 Å². The zero-order valence-corrected chi connectivity index (χ0v) is 11.8. The van der Waals surface area contributed by atoms with Crippen molar-refractivity contribution in [3.05, 3.63) is 41.3 Å². The van der Waals surface area contributed by atoms with Crippen LogP contribution in [0.2, 0.25) is 0 Å². The summed E-state index contributed by atoms with van der Waals surface area (Å²) in [7, 11) is -6.08. The maximum Gasteiger partial charge on any atom is 0.534 e. The van der Waals surface area contributed by atoms with Gasteiger partial charge in [0.25, 0.3) is 0 Å². The molecule has 0 fully saturated rings. The van der Waals surface area contributed by atoms with Gasteiger partial charge in [0.15, 0.2) is 11.2 Å². The van der Waals surface area contributed by atoms with E-state index in [9.17, 15) is 21.6 Å². The molecular weight excluding hydrogens is 301 g/mol. The van der Waals surface area contributed by atoms with E-state index in [1.54, 1.807) is 30.7 Å². The Bertz CT molecular complexity index is 548. The van der Waals surface area contributed by atoms with E-state index in [0.717, 1.165) is 0 Å². The molecule has 0 spiro atoms. The van der Waals surface area contributed by atoms with Crippen molar-refractivity contribution in [2.45, 2.75) is 5.51 Å². The lowest BCUT2D eigenvalue weighted by Crippen LogP contribution is -2.25. The highest BCUT2D eigenvalue weighted by atomic mass is 32.2. The van der Waals surface area contributed by atoms with Crippen molar-refractivity contribution in [1.82, 2.24) is 0 Å². The molecule has 0 N–H and O–H groups in total. The molecule has 0 saturated heterocycles. The normalized spacial score (nSPS) is 13.7. The highest BCUT2D eigenvalue weighted by Gasteiger charge is 2.49. The summed E-state index contributed by atoms with van der Waals surface area (Å²) in [6.07, 6.45) is 3.46. The molecule has 8 heteroatoms. The van der Waals surface area contributed by atoms with Crippen molar-refractivity contribution >= 4 is 26.8 Å². The number of hydrogen-bond acceptors (Lipinski definition) is 3. The maximum absolute atomic E-state index is 12.3. The molecule has 0 unspecified atom stereocenters. The Morgan fingerprint density at radius 1 is 1.21 bits per heavy atom. The Hall–Kier alpha value is -1.15. The topological polar surface area (TPSA) is 43.4 Å². The lowest BCUT2D eigenvalue weighted by Gasteiger charge is -2.11. The summed E-state index contributed by atoms with van der Waals surface area (Å²) >= 11 is 0. The molecule has 0 bridgehead atoms. The van der Waals surface area contributed by atoms with Gasteiger partial charge in [-0.25, -0.2) is 0 Å². The quantitative estimate of drug-likeness (QED) is 0.371. The number of halogens is 3. The Balaban J connectivity index is 3.17. The zero-order valence-electron chi connectivity index (χ0n) is 10.1. The van der Waals surface area contributed by atoms with Crippen LogP contribution in [0.25, 0.3) is 5.76 Å². The summed E-state index contributed by atoms with van der Waals surface area (Å²) < 4.78 is 63.2. The van der Waals surface area contributed by atoms with Crippen LogP contribution in [0.1, 0.15) is 5.56 Å². The summed E-state index contributed by atoms with van der Waals surface area (Å²) in [6, 6.07) is 7.78. The summed E-state index contributed by atoms with van der Waals surface area (Å²) in [6.45, 7) is 0. The molecule has 3 nitrogen and oxygen atoms in total. The first-order chi connectivity index (χ1) is 8.63. The minimum Gasteiger partial charge on any atom is -0.371 e. The molecule has 19 heavy (non-hydrogen) atoms. The maximum atomic E-state index is 12.3. The van der Waals surface area contributed by atoms with Gasteiger partial charge in [0.05, 0.1) is 0 Å². The van der Waals surface area contributed by atoms with Crippen LogP contribution in [-0.2, 0) is 25.2 Å². The molecule has 0 saturated carbocycles. The van der Waals surface area contributed by atoms with Gasteiger partial charge in [-0.2, -0.15) is 21.6 Å². The second kappa shape index (κ2) is 5.87. The lowest BCUT2D eigenvalue weighted by molar-refractivity contribution is -0.0509. The first kappa shape index (κ1) is 15.9. The second-order valence-electron chi connectivity index (χ2n) is 3.71. The van der Waals surface area contributed by atoms with Gasteiger partial charge in [-0.1, -0.05) is 30.3 Å².